The molecule has 3 aromatic rings. The van der Waals surface area contributed by atoms with E-state index in [1.807, 2.05) is 11.0 Å². The highest BCUT2D eigenvalue weighted by Gasteiger charge is 2.29. The van der Waals surface area contributed by atoms with Gasteiger partial charge in [0.2, 0.25) is 10.0 Å². The molecular weight excluding hydrogens is 358 g/mol. The summed E-state index contributed by atoms with van der Waals surface area (Å²) in [6, 6.07) is 10.0. The lowest BCUT2D eigenvalue weighted by molar-refractivity contribution is 0.383. The number of hydrogen-bond acceptors (Lipinski definition) is 8. The molecule has 0 saturated carbocycles. The van der Waals surface area contributed by atoms with E-state index < -0.39 is 10.0 Å². The number of anilines is 1. The average Bonchev–Trinajstić information content (AvgIpc) is 3.16. The summed E-state index contributed by atoms with van der Waals surface area (Å²) in [7, 11) is -1.98. The van der Waals surface area contributed by atoms with E-state index in [1.165, 1.54) is 8.94 Å². The first-order valence-corrected chi connectivity index (χ1v) is 9.46. The third kappa shape index (κ3) is 2.95. The average molecular weight is 375 g/mol. The predicted octanol–water partition coefficient (Wildman–Crippen LogP) is 0.0388. The Kier molecular flexibility index (Phi) is 4.17. The molecule has 136 valence electrons. The quantitative estimate of drug-likeness (QED) is 0.629. The Balaban J connectivity index is 1.48. The first kappa shape index (κ1) is 16.7. The summed E-state index contributed by atoms with van der Waals surface area (Å²) in [5.41, 5.74) is 0.564. The maximum absolute atomic E-state index is 12.8. The Hall–Kier alpha value is -2.79. The zero-order valence-electron chi connectivity index (χ0n) is 14.1. The van der Waals surface area contributed by atoms with Crippen LogP contribution >= 0.6 is 0 Å². The number of nitrogens with zero attached hydrogens (tertiary/aromatic N) is 7. The van der Waals surface area contributed by atoms with Crippen molar-refractivity contribution < 1.29 is 13.2 Å². The monoisotopic (exact) mass is 375 g/mol. The van der Waals surface area contributed by atoms with Crippen LogP contribution in [0.4, 0.5) is 5.82 Å². The molecule has 0 aliphatic carbocycles. The molecule has 1 aromatic carbocycles. The van der Waals surface area contributed by atoms with E-state index in [0.29, 0.717) is 43.4 Å². The van der Waals surface area contributed by atoms with E-state index >= 15 is 0 Å². The van der Waals surface area contributed by atoms with Gasteiger partial charge in [-0.2, -0.15) is 4.31 Å². The van der Waals surface area contributed by atoms with Gasteiger partial charge in [0, 0.05) is 26.2 Å². The molecule has 1 saturated heterocycles. The van der Waals surface area contributed by atoms with Crippen molar-refractivity contribution in [2.24, 2.45) is 0 Å². The summed E-state index contributed by atoms with van der Waals surface area (Å²) in [5, 5.41) is 15.5. The summed E-state index contributed by atoms with van der Waals surface area (Å²) in [6.07, 6.45) is 0. The Labute approximate surface area is 150 Å². The fourth-order valence-corrected chi connectivity index (χ4v) is 4.29. The SMILES string of the molecule is COc1ccc(S(=O)(=O)N2CCN(c3ccc4nnnn4n3)CC2)cc1. The summed E-state index contributed by atoms with van der Waals surface area (Å²) in [5.74, 6) is 1.34. The Bertz CT molecular complexity index is 1010. The van der Waals surface area contributed by atoms with E-state index in [0.717, 1.165) is 0 Å². The minimum Gasteiger partial charge on any atom is -0.497 e. The van der Waals surface area contributed by atoms with Crippen LogP contribution in [0.1, 0.15) is 0 Å². The molecule has 0 amide bonds. The highest BCUT2D eigenvalue weighted by Crippen LogP contribution is 2.22. The molecule has 10 nitrogen and oxygen atoms in total. The molecule has 4 rings (SSSR count). The van der Waals surface area contributed by atoms with Gasteiger partial charge in [0.05, 0.1) is 12.0 Å². The van der Waals surface area contributed by atoms with E-state index in [-0.39, 0.29) is 4.90 Å². The van der Waals surface area contributed by atoms with Crippen LogP contribution in [0.3, 0.4) is 0 Å². The summed E-state index contributed by atoms with van der Waals surface area (Å²) >= 11 is 0. The third-order valence-corrected chi connectivity index (χ3v) is 6.23. The number of rotatable bonds is 4. The number of tetrazole rings is 1. The van der Waals surface area contributed by atoms with Crippen molar-refractivity contribution in [3.63, 3.8) is 0 Å². The number of ether oxygens (including phenoxy) is 1. The number of aromatic nitrogens is 5. The fraction of sp³-hybridized carbons (Fsp3) is 0.333. The molecule has 26 heavy (non-hydrogen) atoms. The molecule has 3 heterocycles. The van der Waals surface area contributed by atoms with Crippen LogP contribution in [0.2, 0.25) is 0 Å². The molecular formula is C15H17N7O3S. The summed E-state index contributed by atoms with van der Waals surface area (Å²) in [6.45, 7) is 1.83. The van der Waals surface area contributed by atoms with Gasteiger partial charge in [-0.1, -0.05) is 0 Å². The maximum atomic E-state index is 12.8. The van der Waals surface area contributed by atoms with Crippen LogP contribution < -0.4 is 9.64 Å². The first-order valence-electron chi connectivity index (χ1n) is 8.02. The van der Waals surface area contributed by atoms with Crippen molar-refractivity contribution in [1.82, 2.24) is 29.6 Å². The minimum atomic E-state index is -3.53. The molecule has 0 bridgehead atoms. The van der Waals surface area contributed by atoms with Gasteiger partial charge in [-0.05, 0) is 46.8 Å². The number of benzene rings is 1. The standard InChI is InChI=1S/C15H17N7O3S/c1-25-12-2-4-13(5-3-12)26(23,24)21-10-8-20(9-11-21)15-7-6-14-16-18-19-22(14)17-15/h2-7H,8-11H2,1H3. The second-order valence-electron chi connectivity index (χ2n) is 5.78. The van der Waals surface area contributed by atoms with Gasteiger partial charge in [0.15, 0.2) is 11.5 Å². The van der Waals surface area contributed by atoms with Crippen LogP contribution in [-0.4, -0.2) is 71.3 Å². The Morgan fingerprint density at radius 1 is 1.00 bits per heavy atom. The van der Waals surface area contributed by atoms with E-state index in [1.54, 1.807) is 37.4 Å². The van der Waals surface area contributed by atoms with Gasteiger partial charge >= 0.3 is 0 Å². The lowest BCUT2D eigenvalue weighted by Gasteiger charge is -2.34. The first-order chi connectivity index (χ1) is 12.6. The second kappa shape index (κ2) is 6.50. The smallest absolute Gasteiger partial charge is 0.243 e. The predicted molar refractivity (Wildman–Crippen MR) is 92.5 cm³/mol. The van der Waals surface area contributed by atoms with Crippen molar-refractivity contribution in [3.8, 4) is 5.75 Å². The van der Waals surface area contributed by atoms with Crippen LogP contribution in [0, 0.1) is 0 Å². The number of fused-ring (bicyclic) bond motifs is 1. The second-order valence-corrected chi connectivity index (χ2v) is 7.72. The molecule has 1 fully saturated rings. The minimum absolute atomic E-state index is 0.264. The largest absolute Gasteiger partial charge is 0.497 e. The topological polar surface area (TPSA) is 106 Å². The van der Waals surface area contributed by atoms with E-state index in [9.17, 15) is 8.42 Å². The zero-order chi connectivity index (χ0) is 18.1. The Morgan fingerprint density at radius 3 is 2.42 bits per heavy atom. The number of sulfonamides is 1. The van der Waals surface area contributed by atoms with Crippen molar-refractivity contribution in [3.05, 3.63) is 36.4 Å². The van der Waals surface area contributed by atoms with Crippen LogP contribution in [0.25, 0.3) is 5.65 Å². The molecule has 11 heteroatoms. The van der Waals surface area contributed by atoms with Crippen molar-refractivity contribution in [2.75, 3.05) is 38.2 Å². The molecule has 0 atom stereocenters. The van der Waals surface area contributed by atoms with Crippen molar-refractivity contribution in [2.45, 2.75) is 4.90 Å². The lowest BCUT2D eigenvalue weighted by Crippen LogP contribution is -2.49. The number of methoxy groups -OCH3 is 1. The number of hydrogen-bond donors (Lipinski definition) is 0. The van der Waals surface area contributed by atoms with Crippen molar-refractivity contribution in [1.29, 1.82) is 0 Å². The normalized spacial score (nSPS) is 16.1. The van der Waals surface area contributed by atoms with E-state index in [2.05, 4.69) is 20.6 Å². The third-order valence-electron chi connectivity index (χ3n) is 4.32. The highest BCUT2D eigenvalue weighted by atomic mass is 32.2. The molecule has 1 aliphatic heterocycles. The van der Waals surface area contributed by atoms with Gasteiger partial charge in [0.1, 0.15) is 5.75 Å². The van der Waals surface area contributed by atoms with Crippen LogP contribution in [0.5, 0.6) is 5.75 Å². The molecule has 1 aliphatic rings. The molecule has 0 unspecified atom stereocenters. The van der Waals surface area contributed by atoms with Crippen LogP contribution in [-0.2, 0) is 10.0 Å². The molecule has 0 spiro atoms. The maximum Gasteiger partial charge on any atom is 0.243 e. The van der Waals surface area contributed by atoms with Gasteiger partial charge in [0.25, 0.3) is 0 Å². The number of piperazine rings is 1. The fourth-order valence-electron chi connectivity index (χ4n) is 2.86. The summed E-state index contributed by atoms with van der Waals surface area (Å²) < 4.78 is 33.5. The van der Waals surface area contributed by atoms with Gasteiger partial charge in [-0.3, -0.25) is 0 Å². The molecule has 0 N–H and O–H groups in total. The summed E-state index contributed by atoms with van der Waals surface area (Å²) in [4.78, 5) is 2.28. The van der Waals surface area contributed by atoms with E-state index in [4.69, 9.17) is 4.74 Å². The zero-order valence-corrected chi connectivity index (χ0v) is 14.9. The van der Waals surface area contributed by atoms with Gasteiger partial charge in [-0.25, -0.2) is 8.42 Å². The lowest BCUT2D eigenvalue weighted by atomic mass is 10.3. The van der Waals surface area contributed by atoms with Crippen molar-refractivity contribution >= 4 is 21.5 Å². The highest BCUT2D eigenvalue weighted by molar-refractivity contribution is 7.89. The van der Waals surface area contributed by atoms with Crippen LogP contribution in [0.15, 0.2) is 41.3 Å². The molecule has 0 radical (unpaired) electrons. The molecule has 2 aromatic heterocycles. The van der Waals surface area contributed by atoms with Gasteiger partial charge < -0.3 is 9.64 Å². The van der Waals surface area contributed by atoms with Gasteiger partial charge in [-0.15, -0.1) is 14.8 Å². The Morgan fingerprint density at radius 2 is 1.73 bits per heavy atom.